The van der Waals surface area contributed by atoms with Crippen LogP contribution in [0, 0.1) is 13.8 Å². The van der Waals surface area contributed by atoms with E-state index in [-0.39, 0.29) is 12.0 Å². The van der Waals surface area contributed by atoms with Gasteiger partial charge in [0.15, 0.2) is 0 Å². The van der Waals surface area contributed by atoms with Gasteiger partial charge in [-0.1, -0.05) is 6.92 Å². The zero-order valence-electron chi connectivity index (χ0n) is 13.2. The zero-order valence-corrected chi connectivity index (χ0v) is 14.8. The molecule has 2 rings (SSSR count). The molecule has 118 valence electrons. The van der Waals surface area contributed by atoms with Gasteiger partial charge in [-0.05, 0) is 62.0 Å². The molecule has 0 radical (unpaired) electrons. The summed E-state index contributed by atoms with van der Waals surface area (Å²) in [7, 11) is 1.46. The summed E-state index contributed by atoms with van der Waals surface area (Å²) in [6.07, 6.45) is 3.45. The van der Waals surface area contributed by atoms with Gasteiger partial charge in [-0.25, -0.2) is 0 Å². The smallest absolute Gasteiger partial charge is 0.326 e. The molecule has 0 saturated heterocycles. The minimum atomic E-state index is -0.561. The second-order valence-electron chi connectivity index (χ2n) is 5.83. The number of aromatic nitrogens is 2. The van der Waals surface area contributed by atoms with E-state index in [0.29, 0.717) is 0 Å². The van der Waals surface area contributed by atoms with Crippen molar-refractivity contribution in [3.63, 3.8) is 0 Å². The number of methoxy groups -OCH3 is 1. The first-order valence-corrected chi connectivity index (χ1v) is 8.29. The van der Waals surface area contributed by atoms with Crippen LogP contribution in [0.3, 0.4) is 0 Å². The van der Waals surface area contributed by atoms with Gasteiger partial charge >= 0.3 is 5.97 Å². The van der Waals surface area contributed by atoms with Gasteiger partial charge in [-0.3, -0.25) is 9.48 Å². The summed E-state index contributed by atoms with van der Waals surface area (Å²) in [6, 6.07) is 0.235. The van der Waals surface area contributed by atoms with Gasteiger partial charge < -0.3 is 10.1 Å². The monoisotopic (exact) mass is 357 g/mol. The maximum atomic E-state index is 12.3. The predicted molar refractivity (Wildman–Crippen MR) is 85.3 cm³/mol. The fraction of sp³-hybridized carbons (Fsp3) is 0.733. The van der Waals surface area contributed by atoms with E-state index < -0.39 is 5.54 Å². The highest BCUT2D eigenvalue weighted by atomic mass is 79.9. The highest BCUT2D eigenvalue weighted by molar-refractivity contribution is 9.10. The van der Waals surface area contributed by atoms with Crippen LogP contribution >= 0.6 is 15.9 Å². The van der Waals surface area contributed by atoms with Gasteiger partial charge in [0.25, 0.3) is 0 Å². The lowest BCUT2D eigenvalue weighted by molar-refractivity contribution is -0.148. The van der Waals surface area contributed by atoms with Gasteiger partial charge in [0.2, 0.25) is 0 Å². The molecule has 0 bridgehead atoms. The highest BCUT2D eigenvalue weighted by Gasteiger charge is 2.47. The third-order valence-corrected chi connectivity index (χ3v) is 5.51. The van der Waals surface area contributed by atoms with Crippen molar-refractivity contribution in [3.05, 3.63) is 15.9 Å². The summed E-state index contributed by atoms with van der Waals surface area (Å²) in [5.74, 6) is -0.154. The molecule has 5 nitrogen and oxygen atoms in total. The molecule has 1 aromatic rings. The number of hydrogen-bond acceptors (Lipinski definition) is 4. The van der Waals surface area contributed by atoms with E-state index in [1.165, 1.54) is 7.11 Å². The molecular formula is C15H24BrN3O2. The molecule has 1 aliphatic rings. The molecule has 2 atom stereocenters. The lowest BCUT2D eigenvalue weighted by atomic mass is 9.97. The molecule has 1 heterocycles. The van der Waals surface area contributed by atoms with Crippen LogP contribution in [0.15, 0.2) is 4.47 Å². The first kappa shape index (κ1) is 16.5. The third-order valence-electron chi connectivity index (χ3n) is 4.36. The second-order valence-corrected chi connectivity index (χ2v) is 6.62. The Hall–Kier alpha value is -0.880. The van der Waals surface area contributed by atoms with Crippen LogP contribution in [0.2, 0.25) is 0 Å². The normalized spacial score (nSPS) is 25.3. The molecule has 0 aliphatic heterocycles. The molecule has 0 aromatic carbocycles. The van der Waals surface area contributed by atoms with Crippen molar-refractivity contribution in [1.82, 2.24) is 15.1 Å². The van der Waals surface area contributed by atoms with Crippen LogP contribution in [0.5, 0.6) is 0 Å². The Bertz CT molecular complexity index is 529. The Labute approximate surface area is 134 Å². The van der Waals surface area contributed by atoms with Crippen LogP contribution in [0.4, 0.5) is 0 Å². The van der Waals surface area contributed by atoms with E-state index in [2.05, 4.69) is 44.9 Å². The number of hydrogen-bond donors (Lipinski definition) is 1. The lowest BCUT2D eigenvalue weighted by Crippen LogP contribution is -2.51. The van der Waals surface area contributed by atoms with Gasteiger partial charge in [0.05, 0.1) is 29.0 Å². The van der Waals surface area contributed by atoms with Crippen LogP contribution in [-0.2, 0) is 9.53 Å². The van der Waals surface area contributed by atoms with Crippen LogP contribution in [0.1, 0.15) is 50.0 Å². The molecule has 21 heavy (non-hydrogen) atoms. The molecule has 6 heteroatoms. The molecule has 1 aromatic heterocycles. The van der Waals surface area contributed by atoms with E-state index in [4.69, 9.17) is 4.74 Å². The fourth-order valence-corrected chi connectivity index (χ4v) is 3.47. The number of halogens is 1. The van der Waals surface area contributed by atoms with Crippen molar-refractivity contribution < 1.29 is 9.53 Å². The SMILES string of the molecule is CCCNC1(C(=O)OC)CCC(n2nc(C)c(Br)c2C)C1. The maximum Gasteiger partial charge on any atom is 0.326 e. The molecule has 1 aliphatic carbocycles. The van der Waals surface area contributed by atoms with E-state index in [1.807, 2.05) is 6.92 Å². The summed E-state index contributed by atoms with van der Waals surface area (Å²) in [5.41, 5.74) is 1.55. The number of ether oxygens (including phenoxy) is 1. The molecule has 0 spiro atoms. The van der Waals surface area contributed by atoms with E-state index in [1.54, 1.807) is 0 Å². The van der Waals surface area contributed by atoms with Gasteiger partial charge in [-0.2, -0.15) is 5.10 Å². The van der Waals surface area contributed by atoms with Crippen molar-refractivity contribution >= 4 is 21.9 Å². The average molecular weight is 358 g/mol. The highest BCUT2D eigenvalue weighted by Crippen LogP contribution is 2.40. The van der Waals surface area contributed by atoms with Crippen molar-refractivity contribution in [3.8, 4) is 0 Å². The zero-order chi connectivity index (χ0) is 15.6. The number of aryl methyl sites for hydroxylation is 1. The number of nitrogens with zero attached hydrogens (tertiary/aromatic N) is 2. The minimum absolute atomic E-state index is 0.154. The van der Waals surface area contributed by atoms with Gasteiger partial charge in [-0.15, -0.1) is 0 Å². The molecule has 1 saturated carbocycles. The first-order chi connectivity index (χ1) is 9.95. The van der Waals surface area contributed by atoms with Crippen molar-refractivity contribution in [1.29, 1.82) is 0 Å². The number of nitrogens with one attached hydrogen (secondary N) is 1. The third kappa shape index (κ3) is 3.01. The second kappa shape index (κ2) is 6.48. The lowest BCUT2D eigenvalue weighted by Gasteiger charge is -2.27. The summed E-state index contributed by atoms with van der Waals surface area (Å²) >= 11 is 3.57. The summed E-state index contributed by atoms with van der Waals surface area (Å²) in [6.45, 7) is 6.97. The number of esters is 1. The van der Waals surface area contributed by atoms with E-state index in [0.717, 1.165) is 48.1 Å². The molecule has 2 unspecified atom stereocenters. The Balaban J connectivity index is 2.23. The van der Waals surface area contributed by atoms with Crippen molar-refractivity contribution in [2.75, 3.05) is 13.7 Å². The van der Waals surface area contributed by atoms with Crippen LogP contribution < -0.4 is 5.32 Å². The summed E-state index contributed by atoms with van der Waals surface area (Å²) in [4.78, 5) is 12.3. The summed E-state index contributed by atoms with van der Waals surface area (Å²) in [5, 5.41) is 8.02. The number of rotatable bonds is 5. The average Bonchev–Trinajstić information content (AvgIpc) is 3.02. The topological polar surface area (TPSA) is 56.1 Å². The first-order valence-electron chi connectivity index (χ1n) is 7.50. The summed E-state index contributed by atoms with van der Waals surface area (Å²) < 4.78 is 8.15. The van der Waals surface area contributed by atoms with E-state index in [9.17, 15) is 4.79 Å². The van der Waals surface area contributed by atoms with Crippen molar-refractivity contribution in [2.24, 2.45) is 0 Å². The fourth-order valence-electron chi connectivity index (χ4n) is 3.20. The Kier molecular flexibility index (Phi) is 5.09. The van der Waals surface area contributed by atoms with Crippen LogP contribution in [0.25, 0.3) is 0 Å². The molecule has 0 amide bonds. The molecule has 1 N–H and O–H groups in total. The van der Waals surface area contributed by atoms with Crippen molar-refractivity contribution in [2.45, 2.75) is 58.0 Å². The number of carbonyl (C=O) groups excluding carboxylic acids is 1. The quantitative estimate of drug-likeness (QED) is 0.823. The standard InChI is InChI=1S/C15H24BrN3O2/c1-5-8-17-15(14(20)21-4)7-6-12(9-15)19-11(3)13(16)10(2)18-19/h12,17H,5-9H2,1-4H3. The Morgan fingerprint density at radius 1 is 1.57 bits per heavy atom. The largest absolute Gasteiger partial charge is 0.468 e. The molecular weight excluding hydrogens is 334 g/mol. The van der Waals surface area contributed by atoms with E-state index >= 15 is 0 Å². The molecule has 1 fully saturated rings. The Morgan fingerprint density at radius 3 is 2.81 bits per heavy atom. The number of carbonyl (C=O) groups is 1. The Morgan fingerprint density at radius 2 is 2.29 bits per heavy atom. The maximum absolute atomic E-state index is 12.3. The van der Waals surface area contributed by atoms with Crippen LogP contribution in [-0.4, -0.2) is 34.9 Å². The van der Waals surface area contributed by atoms with Gasteiger partial charge in [0.1, 0.15) is 5.54 Å². The minimum Gasteiger partial charge on any atom is -0.468 e. The van der Waals surface area contributed by atoms with Gasteiger partial charge in [0, 0.05) is 0 Å². The predicted octanol–water partition coefficient (Wildman–Crippen LogP) is 2.90.